The molecule has 0 saturated heterocycles. The van der Waals surface area contributed by atoms with Crippen molar-refractivity contribution >= 4 is 32.7 Å². The van der Waals surface area contributed by atoms with Crippen LogP contribution in [0.1, 0.15) is 21.6 Å². The van der Waals surface area contributed by atoms with Gasteiger partial charge in [0.15, 0.2) is 0 Å². The molecule has 0 spiro atoms. The van der Waals surface area contributed by atoms with Crippen LogP contribution in [0.5, 0.6) is 0 Å². The lowest BCUT2D eigenvalue weighted by molar-refractivity contribution is 0.0735. The number of benzene rings is 2. The van der Waals surface area contributed by atoms with E-state index in [0.717, 1.165) is 33.1 Å². The number of carbonyl (C=O) groups is 1. The van der Waals surface area contributed by atoms with Crippen molar-refractivity contribution in [2.45, 2.75) is 13.0 Å². The van der Waals surface area contributed by atoms with Crippen LogP contribution >= 0.6 is 15.9 Å². The molecule has 3 aromatic rings. The predicted octanol–water partition coefficient (Wildman–Crippen LogP) is 4.27. The van der Waals surface area contributed by atoms with E-state index >= 15 is 0 Å². The molecule has 2 heterocycles. The molecule has 0 bridgehead atoms. The van der Waals surface area contributed by atoms with E-state index in [9.17, 15) is 9.18 Å². The first kappa shape index (κ1) is 14.5. The van der Waals surface area contributed by atoms with Crippen LogP contribution in [0.25, 0.3) is 10.9 Å². The van der Waals surface area contributed by atoms with Gasteiger partial charge >= 0.3 is 0 Å². The summed E-state index contributed by atoms with van der Waals surface area (Å²) in [4.78, 5) is 17.8. The van der Waals surface area contributed by atoms with Crippen molar-refractivity contribution in [3.8, 4) is 0 Å². The zero-order chi connectivity index (χ0) is 16.0. The molecule has 1 amide bonds. The van der Waals surface area contributed by atoms with Crippen LogP contribution in [0.15, 0.2) is 46.9 Å². The lowest BCUT2D eigenvalue weighted by Gasteiger charge is -2.27. The molecule has 1 aromatic heterocycles. The van der Waals surface area contributed by atoms with Gasteiger partial charge in [0.25, 0.3) is 5.91 Å². The topological polar surface area (TPSA) is 36.1 Å². The van der Waals surface area contributed by atoms with Crippen LogP contribution in [0, 0.1) is 5.82 Å². The van der Waals surface area contributed by atoms with Crippen molar-refractivity contribution in [3.05, 3.63) is 69.6 Å². The Bertz CT molecular complexity index is 901. The Morgan fingerprint density at radius 3 is 2.74 bits per heavy atom. The molecule has 23 heavy (non-hydrogen) atoms. The van der Waals surface area contributed by atoms with E-state index in [2.05, 4.69) is 20.9 Å². The maximum atomic E-state index is 13.4. The van der Waals surface area contributed by atoms with E-state index in [1.54, 1.807) is 6.07 Å². The lowest BCUT2D eigenvalue weighted by atomic mass is 10.0. The van der Waals surface area contributed by atoms with Crippen LogP contribution in [0.3, 0.4) is 0 Å². The number of rotatable bonds is 1. The summed E-state index contributed by atoms with van der Waals surface area (Å²) in [6.45, 7) is 1.22. The third-order valence-corrected chi connectivity index (χ3v) is 4.84. The number of nitrogens with zero attached hydrogens (tertiary/aromatic N) is 1. The average molecular weight is 373 g/mol. The predicted molar refractivity (Wildman–Crippen MR) is 90.8 cm³/mol. The second-order valence-corrected chi connectivity index (χ2v) is 6.67. The average Bonchev–Trinajstić information content (AvgIpc) is 2.91. The number of aromatic nitrogens is 1. The number of halogens is 2. The van der Waals surface area contributed by atoms with Crippen LogP contribution in [-0.4, -0.2) is 22.3 Å². The molecule has 4 rings (SSSR count). The third-order valence-electron chi connectivity index (χ3n) is 4.32. The van der Waals surface area contributed by atoms with E-state index in [0.29, 0.717) is 18.7 Å². The fourth-order valence-electron chi connectivity index (χ4n) is 3.14. The molecule has 0 atom stereocenters. The zero-order valence-corrected chi connectivity index (χ0v) is 13.9. The normalized spacial score (nSPS) is 14.1. The molecular formula is C18H14BrFN2O. The van der Waals surface area contributed by atoms with E-state index in [-0.39, 0.29) is 11.7 Å². The molecule has 1 aliphatic heterocycles. The monoisotopic (exact) mass is 372 g/mol. The summed E-state index contributed by atoms with van der Waals surface area (Å²) >= 11 is 3.38. The maximum absolute atomic E-state index is 13.4. The number of hydrogen-bond donors (Lipinski definition) is 1. The Morgan fingerprint density at radius 1 is 1.17 bits per heavy atom. The Balaban J connectivity index is 1.66. The highest BCUT2D eigenvalue weighted by Crippen LogP contribution is 2.29. The van der Waals surface area contributed by atoms with Gasteiger partial charge in [0.2, 0.25) is 0 Å². The molecule has 0 radical (unpaired) electrons. The van der Waals surface area contributed by atoms with Crippen LogP contribution in [-0.2, 0) is 13.0 Å². The van der Waals surface area contributed by atoms with Crippen molar-refractivity contribution in [2.24, 2.45) is 0 Å². The Morgan fingerprint density at radius 2 is 1.96 bits per heavy atom. The van der Waals surface area contributed by atoms with Crippen molar-refractivity contribution in [1.82, 2.24) is 9.88 Å². The molecule has 116 valence electrons. The summed E-state index contributed by atoms with van der Waals surface area (Å²) in [7, 11) is 0. The second-order valence-electron chi connectivity index (χ2n) is 5.76. The van der Waals surface area contributed by atoms with Gasteiger partial charge in [-0.3, -0.25) is 4.79 Å². The quantitative estimate of drug-likeness (QED) is 0.680. The van der Waals surface area contributed by atoms with E-state index in [1.807, 2.05) is 29.2 Å². The highest BCUT2D eigenvalue weighted by atomic mass is 79.9. The van der Waals surface area contributed by atoms with E-state index in [1.165, 1.54) is 12.1 Å². The van der Waals surface area contributed by atoms with Crippen LogP contribution in [0.4, 0.5) is 4.39 Å². The van der Waals surface area contributed by atoms with Gasteiger partial charge in [0.05, 0.1) is 0 Å². The first-order valence-electron chi connectivity index (χ1n) is 7.45. The van der Waals surface area contributed by atoms with Crippen LogP contribution in [0.2, 0.25) is 0 Å². The number of carbonyl (C=O) groups excluding carboxylic acids is 1. The van der Waals surface area contributed by atoms with Crippen molar-refractivity contribution in [2.75, 3.05) is 6.54 Å². The summed E-state index contributed by atoms with van der Waals surface area (Å²) < 4.78 is 14.3. The number of nitrogens with one attached hydrogen (secondary N) is 1. The van der Waals surface area contributed by atoms with Crippen molar-refractivity contribution in [3.63, 3.8) is 0 Å². The molecular weight excluding hydrogens is 359 g/mol. The SMILES string of the molecule is O=C(c1ccc(Br)cc1)N1CCc2[nH]c3cc(F)ccc3c2C1. The second kappa shape index (κ2) is 5.49. The Kier molecular flexibility index (Phi) is 3.45. The van der Waals surface area contributed by atoms with Crippen molar-refractivity contribution < 1.29 is 9.18 Å². The lowest BCUT2D eigenvalue weighted by Crippen LogP contribution is -2.35. The van der Waals surface area contributed by atoms with E-state index < -0.39 is 0 Å². The third kappa shape index (κ3) is 2.55. The van der Waals surface area contributed by atoms with Gasteiger partial charge in [-0.25, -0.2) is 4.39 Å². The summed E-state index contributed by atoms with van der Waals surface area (Å²) in [5.41, 5.74) is 3.68. The van der Waals surface area contributed by atoms with Gasteiger partial charge < -0.3 is 9.88 Å². The van der Waals surface area contributed by atoms with Gasteiger partial charge in [-0.05, 0) is 42.5 Å². The molecule has 1 aliphatic rings. The first-order chi connectivity index (χ1) is 11.1. The largest absolute Gasteiger partial charge is 0.358 e. The molecule has 5 heteroatoms. The summed E-state index contributed by atoms with van der Waals surface area (Å²) in [6, 6.07) is 12.2. The minimum Gasteiger partial charge on any atom is -0.358 e. The summed E-state index contributed by atoms with van der Waals surface area (Å²) in [6.07, 6.45) is 0.758. The van der Waals surface area contributed by atoms with Gasteiger partial charge in [-0.1, -0.05) is 15.9 Å². The Labute approximate surface area is 141 Å². The molecule has 0 saturated carbocycles. The van der Waals surface area contributed by atoms with Gasteiger partial charge in [0, 0.05) is 51.7 Å². The fourth-order valence-corrected chi connectivity index (χ4v) is 3.41. The van der Waals surface area contributed by atoms with Crippen LogP contribution < -0.4 is 0 Å². The molecule has 3 nitrogen and oxygen atoms in total. The smallest absolute Gasteiger partial charge is 0.254 e. The number of fused-ring (bicyclic) bond motifs is 3. The number of H-pyrrole nitrogens is 1. The minimum atomic E-state index is -0.251. The highest BCUT2D eigenvalue weighted by Gasteiger charge is 2.24. The van der Waals surface area contributed by atoms with Gasteiger partial charge in [-0.2, -0.15) is 0 Å². The molecule has 0 fully saturated rings. The Hall–Kier alpha value is -2.14. The fraction of sp³-hybridized carbons (Fsp3) is 0.167. The molecule has 0 unspecified atom stereocenters. The molecule has 0 aliphatic carbocycles. The van der Waals surface area contributed by atoms with Crippen molar-refractivity contribution in [1.29, 1.82) is 0 Å². The standard InChI is InChI=1S/C18H14BrFN2O/c19-12-3-1-11(2-4-12)18(23)22-8-7-16-15(10-22)14-6-5-13(20)9-17(14)21-16/h1-6,9,21H,7-8,10H2. The number of hydrogen-bond acceptors (Lipinski definition) is 1. The first-order valence-corrected chi connectivity index (χ1v) is 8.25. The number of aromatic amines is 1. The van der Waals surface area contributed by atoms with Gasteiger partial charge in [-0.15, -0.1) is 0 Å². The molecule has 1 N–H and O–H groups in total. The summed E-state index contributed by atoms with van der Waals surface area (Å²) in [5.74, 6) is -0.224. The molecule has 2 aromatic carbocycles. The zero-order valence-electron chi connectivity index (χ0n) is 12.3. The van der Waals surface area contributed by atoms with E-state index in [4.69, 9.17) is 0 Å². The summed E-state index contributed by atoms with van der Waals surface area (Å²) in [5, 5.41) is 0.995. The maximum Gasteiger partial charge on any atom is 0.254 e. The number of amides is 1. The highest BCUT2D eigenvalue weighted by molar-refractivity contribution is 9.10. The van der Waals surface area contributed by atoms with Gasteiger partial charge in [0.1, 0.15) is 5.82 Å². The minimum absolute atomic E-state index is 0.0274.